The third kappa shape index (κ3) is 3.58. The molecule has 1 unspecified atom stereocenters. The Labute approximate surface area is 117 Å². The van der Waals surface area contributed by atoms with Crippen LogP contribution in [-0.2, 0) is 6.54 Å². The van der Waals surface area contributed by atoms with Gasteiger partial charge in [-0.15, -0.1) is 0 Å². The normalized spacial score (nSPS) is 24.4. The van der Waals surface area contributed by atoms with Crippen LogP contribution in [-0.4, -0.2) is 31.1 Å². The van der Waals surface area contributed by atoms with Gasteiger partial charge in [0.1, 0.15) is 0 Å². The minimum Gasteiger partial charge on any atom is -0.317 e. The molecule has 1 aromatic rings. The van der Waals surface area contributed by atoms with E-state index in [0.29, 0.717) is 0 Å². The first-order valence-corrected chi connectivity index (χ1v) is 7.83. The van der Waals surface area contributed by atoms with Crippen molar-refractivity contribution < 1.29 is 0 Å². The van der Waals surface area contributed by atoms with E-state index in [1.165, 1.54) is 50.8 Å². The zero-order chi connectivity index (χ0) is 13.1. The van der Waals surface area contributed by atoms with Crippen LogP contribution in [0.15, 0.2) is 24.3 Å². The van der Waals surface area contributed by atoms with E-state index in [2.05, 4.69) is 41.5 Å². The molecule has 0 aromatic heterocycles. The largest absolute Gasteiger partial charge is 0.317 e. The topological polar surface area (TPSA) is 15.3 Å². The lowest BCUT2D eigenvalue weighted by atomic mass is 10.0. The van der Waals surface area contributed by atoms with Crippen molar-refractivity contribution >= 4 is 0 Å². The van der Waals surface area contributed by atoms with Crippen LogP contribution < -0.4 is 5.32 Å². The van der Waals surface area contributed by atoms with Crippen molar-refractivity contribution in [2.45, 2.75) is 50.6 Å². The lowest BCUT2D eigenvalue weighted by molar-refractivity contribution is 0.216. The molecule has 104 valence electrons. The lowest BCUT2D eigenvalue weighted by Gasteiger charge is -2.27. The molecule has 3 rings (SSSR count). The number of nitrogens with zero attached hydrogens (tertiary/aromatic N) is 1. The average molecular weight is 258 g/mol. The van der Waals surface area contributed by atoms with Gasteiger partial charge in [0, 0.05) is 12.6 Å². The van der Waals surface area contributed by atoms with Gasteiger partial charge in [0.2, 0.25) is 0 Å². The van der Waals surface area contributed by atoms with Gasteiger partial charge in [-0.25, -0.2) is 0 Å². The van der Waals surface area contributed by atoms with Gasteiger partial charge in [-0.1, -0.05) is 24.3 Å². The fourth-order valence-electron chi connectivity index (χ4n) is 3.22. The number of nitrogens with one attached hydrogen (secondary N) is 1. The fourth-order valence-corrected chi connectivity index (χ4v) is 3.22. The third-order valence-corrected chi connectivity index (χ3v) is 4.60. The van der Waals surface area contributed by atoms with E-state index in [1.54, 1.807) is 5.56 Å². The van der Waals surface area contributed by atoms with Gasteiger partial charge in [0.25, 0.3) is 0 Å². The fraction of sp³-hybridized carbons (Fsp3) is 0.647. The summed E-state index contributed by atoms with van der Waals surface area (Å²) in [5.74, 6) is 0.868. The second-order valence-electron chi connectivity index (χ2n) is 6.27. The predicted octanol–water partition coefficient (Wildman–Crippen LogP) is 3.14. The molecular formula is C17H26N2. The van der Waals surface area contributed by atoms with Gasteiger partial charge in [0.15, 0.2) is 0 Å². The summed E-state index contributed by atoms with van der Waals surface area (Å²) in [6.07, 6.45) is 6.74. The Kier molecular flexibility index (Phi) is 4.19. The molecule has 19 heavy (non-hydrogen) atoms. The molecule has 1 heterocycles. The summed E-state index contributed by atoms with van der Waals surface area (Å²) in [6.45, 7) is 3.48. The zero-order valence-corrected chi connectivity index (χ0v) is 12.1. The molecule has 0 bridgehead atoms. The molecular weight excluding hydrogens is 232 g/mol. The van der Waals surface area contributed by atoms with Crippen molar-refractivity contribution in [3.8, 4) is 0 Å². The molecule has 2 aliphatic rings. The first kappa shape index (κ1) is 13.1. The second kappa shape index (κ2) is 6.06. The molecule has 0 spiro atoms. The molecule has 2 nitrogen and oxygen atoms in total. The quantitative estimate of drug-likeness (QED) is 0.892. The Morgan fingerprint density at radius 2 is 2.05 bits per heavy atom. The molecule has 0 amide bonds. The molecule has 1 saturated heterocycles. The number of hydrogen-bond donors (Lipinski definition) is 1. The minimum atomic E-state index is 0.750. The van der Waals surface area contributed by atoms with Gasteiger partial charge >= 0.3 is 0 Å². The first-order valence-electron chi connectivity index (χ1n) is 7.83. The highest BCUT2D eigenvalue weighted by molar-refractivity contribution is 5.29. The smallest absolute Gasteiger partial charge is 0.0233 e. The number of hydrogen-bond acceptors (Lipinski definition) is 2. The van der Waals surface area contributed by atoms with Crippen LogP contribution in [0.1, 0.15) is 49.1 Å². The third-order valence-electron chi connectivity index (χ3n) is 4.60. The van der Waals surface area contributed by atoms with Crippen LogP contribution in [0.4, 0.5) is 0 Å². The van der Waals surface area contributed by atoms with Crippen molar-refractivity contribution in [2.75, 3.05) is 20.1 Å². The maximum atomic E-state index is 3.50. The van der Waals surface area contributed by atoms with Gasteiger partial charge in [-0.2, -0.15) is 0 Å². The molecule has 1 N–H and O–H groups in total. The van der Waals surface area contributed by atoms with E-state index in [0.717, 1.165) is 18.5 Å². The van der Waals surface area contributed by atoms with Crippen LogP contribution in [0, 0.1) is 0 Å². The van der Waals surface area contributed by atoms with Crippen LogP contribution in [0.25, 0.3) is 0 Å². The van der Waals surface area contributed by atoms with Crippen LogP contribution in [0.2, 0.25) is 0 Å². The highest BCUT2D eigenvalue weighted by Crippen LogP contribution is 2.40. The summed E-state index contributed by atoms with van der Waals surface area (Å²) in [5, 5.41) is 3.50. The Balaban J connectivity index is 1.61. The minimum absolute atomic E-state index is 0.750. The van der Waals surface area contributed by atoms with Crippen molar-refractivity contribution in [3.05, 3.63) is 35.4 Å². The molecule has 0 radical (unpaired) electrons. The lowest BCUT2D eigenvalue weighted by Crippen LogP contribution is -2.32. The van der Waals surface area contributed by atoms with Gasteiger partial charge in [0.05, 0.1) is 0 Å². The summed E-state index contributed by atoms with van der Waals surface area (Å²) in [7, 11) is 2.29. The summed E-state index contributed by atoms with van der Waals surface area (Å²) in [5.41, 5.74) is 3.05. The molecule has 1 saturated carbocycles. The summed E-state index contributed by atoms with van der Waals surface area (Å²) in [6, 6.07) is 10.0. The molecule has 1 aliphatic carbocycles. The Morgan fingerprint density at radius 3 is 2.89 bits per heavy atom. The van der Waals surface area contributed by atoms with Crippen LogP contribution >= 0.6 is 0 Å². The SMILES string of the molecule is CN(Cc1cccc(C2CC2)c1)C1CCCNCC1. The highest BCUT2D eigenvalue weighted by atomic mass is 15.1. The van der Waals surface area contributed by atoms with E-state index in [4.69, 9.17) is 0 Å². The predicted molar refractivity (Wildman–Crippen MR) is 80.4 cm³/mol. The molecule has 1 aromatic carbocycles. The van der Waals surface area contributed by atoms with Crippen LogP contribution in [0.5, 0.6) is 0 Å². The standard InChI is InChI=1S/C17H26N2/c1-19(17-6-3-10-18-11-9-17)13-14-4-2-5-16(12-14)15-7-8-15/h2,4-5,12,15,17-18H,3,6-11,13H2,1H3. The molecule has 2 fully saturated rings. The highest BCUT2D eigenvalue weighted by Gasteiger charge is 2.23. The van der Waals surface area contributed by atoms with E-state index in [9.17, 15) is 0 Å². The van der Waals surface area contributed by atoms with Gasteiger partial charge in [-0.3, -0.25) is 4.90 Å². The molecule has 1 aliphatic heterocycles. The van der Waals surface area contributed by atoms with Gasteiger partial charge < -0.3 is 5.32 Å². The van der Waals surface area contributed by atoms with Crippen molar-refractivity contribution in [1.82, 2.24) is 10.2 Å². The summed E-state index contributed by atoms with van der Waals surface area (Å²) in [4.78, 5) is 2.55. The van der Waals surface area contributed by atoms with E-state index < -0.39 is 0 Å². The van der Waals surface area contributed by atoms with Crippen molar-refractivity contribution in [3.63, 3.8) is 0 Å². The average Bonchev–Trinajstić information content (AvgIpc) is 3.26. The zero-order valence-electron chi connectivity index (χ0n) is 12.1. The Hall–Kier alpha value is -0.860. The van der Waals surface area contributed by atoms with E-state index in [-0.39, 0.29) is 0 Å². The Bertz CT molecular complexity index is 403. The van der Waals surface area contributed by atoms with Crippen molar-refractivity contribution in [2.24, 2.45) is 0 Å². The van der Waals surface area contributed by atoms with Gasteiger partial charge in [-0.05, 0) is 69.3 Å². The maximum Gasteiger partial charge on any atom is 0.0233 e. The van der Waals surface area contributed by atoms with Crippen LogP contribution in [0.3, 0.4) is 0 Å². The first-order chi connectivity index (χ1) is 9.33. The molecule has 2 heteroatoms. The summed E-state index contributed by atoms with van der Waals surface area (Å²) >= 11 is 0. The summed E-state index contributed by atoms with van der Waals surface area (Å²) < 4.78 is 0. The van der Waals surface area contributed by atoms with Crippen molar-refractivity contribution in [1.29, 1.82) is 0 Å². The van der Waals surface area contributed by atoms with E-state index in [1.807, 2.05) is 0 Å². The van der Waals surface area contributed by atoms with E-state index >= 15 is 0 Å². The molecule has 1 atom stereocenters. The second-order valence-corrected chi connectivity index (χ2v) is 6.27. The maximum absolute atomic E-state index is 3.50. The monoisotopic (exact) mass is 258 g/mol. The number of benzene rings is 1. The Morgan fingerprint density at radius 1 is 1.16 bits per heavy atom. The number of rotatable bonds is 4.